The van der Waals surface area contributed by atoms with E-state index in [2.05, 4.69) is 10.4 Å². The zero-order chi connectivity index (χ0) is 13.9. The summed E-state index contributed by atoms with van der Waals surface area (Å²) in [6, 6.07) is -0.541. The van der Waals surface area contributed by atoms with E-state index >= 15 is 0 Å². The maximum Gasteiger partial charge on any atom is 0.358 e. The van der Waals surface area contributed by atoms with Gasteiger partial charge in [0.25, 0.3) is 0 Å². The number of hydrogen-bond acceptors (Lipinski definition) is 4. The number of nitrogens with zero attached hydrogens (tertiary/aromatic N) is 2. The predicted molar refractivity (Wildman–Crippen MR) is 66.2 cm³/mol. The van der Waals surface area contributed by atoms with E-state index in [0.29, 0.717) is 0 Å². The third kappa shape index (κ3) is 2.99. The van der Waals surface area contributed by atoms with Crippen LogP contribution in [-0.2, 0) is 4.79 Å². The van der Waals surface area contributed by atoms with Crippen molar-refractivity contribution in [3.63, 3.8) is 0 Å². The Hall–Kier alpha value is -2.05. The number of nitrogens with one attached hydrogen (secondary N) is 1. The molecule has 0 aromatic carbocycles. The summed E-state index contributed by atoms with van der Waals surface area (Å²) in [4.78, 5) is 22.6. The molecule has 1 heterocycles. The van der Waals surface area contributed by atoms with E-state index < -0.39 is 12.0 Å². The van der Waals surface area contributed by atoms with Gasteiger partial charge in [0.05, 0.1) is 5.69 Å². The van der Waals surface area contributed by atoms with Crippen LogP contribution in [0.15, 0.2) is 6.20 Å². The molecule has 4 N–H and O–H groups in total. The average molecular weight is 254 g/mol. The molecule has 7 nitrogen and oxygen atoms in total. The van der Waals surface area contributed by atoms with Gasteiger partial charge in [-0.1, -0.05) is 6.92 Å². The summed E-state index contributed by atoms with van der Waals surface area (Å²) in [5.74, 6) is -1.43. The first-order chi connectivity index (χ1) is 8.36. The monoisotopic (exact) mass is 254 g/mol. The molecule has 1 aromatic rings. The van der Waals surface area contributed by atoms with Crippen molar-refractivity contribution < 1.29 is 14.7 Å². The number of anilines is 1. The Labute approximate surface area is 105 Å². The van der Waals surface area contributed by atoms with E-state index in [1.165, 1.54) is 10.9 Å². The molecular weight excluding hydrogens is 236 g/mol. The number of hydrogen-bond donors (Lipinski definition) is 3. The first-order valence-electron chi connectivity index (χ1n) is 5.75. The van der Waals surface area contributed by atoms with Crippen molar-refractivity contribution in [1.82, 2.24) is 15.1 Å². The number of aromatic nitrogens is 2. The van der Waals surface area contributed by atoms with Crippen molar-refractivity contribution in [3.05, 3.63) is 11.9 Å². The number of carbonyl (C=O) groups is 2. The number of carboxylic acids is 1. The highest BCUT2D eigenvalue weighted by molar-refractivity contribution is 5.91. The number of nitrogens with two attached hydrogens (primary N) is 1. The largest absolute Gasteiger partial charge is 0.476 e. The molecular formula is C11H18N4O3. The first kappa shape index (κ1) is 14.0. The van der Waals surface area contributed by atoms with Crippen LogP contribution in [0.1, 0.15) is 43.7 Å². The van der Waals surface area contributed by atoms with Crippen molar-refractivity contribution in [1.29, 1.82) is 0 Å². The van der Waals surface area contributed by atoms with Crippen LogP contribution in [0, 0.1) is 0 Å². The normalized spacial score (nSPS) is 13.9. The van der Waals surface area contributed by atoms with Crippen LogP contribution >= 0.6 is 0 Å². The molecule has 1 aromatic heterocycles. The highest BCUT2D eigenvalue weighted by atomic mass is 16.4. The number of rotatable bonds is 5. The van der Waals surface area contributed by atoms with Crippen LogP contribution < -0.4 is 11.1 Å². The molecule has 2 atom stereocenters. The molecule has 1 amide bonds. The standard InChI is InChI=1S/C11H18N4O3/c1-4-6(2)13-10(16)7(3)15-5-8(12)9(14-15)11(17)18/h5-7H,4,12H2,1-3H3,(H,13,16)(H,17,18). The Morgan fingerprint density at radius 1 is 1.56 bits per heavy atom. The highest BCUT2D eigenvalue weighted by Gasteiger charge is 2.21. The summed E-state index contributed by atoms with van der Waals surface area (Å²) < 4.78 is 1.26. The SMILES string of the molecule is CCC(C)NC(=O)C(C)n1cc(N)c(C(=O)O)n1. The lowest BCUT2D eigenvalue weighted by Gasteiger charge is -2.16. The number of carbonyl (C=O) groups excluding carboxylic acids is 1. The molecule has 0 aliphatic carbocycles. The zero-order valence-electron chi connectivity index (χ0n) is 10.7. The summed E-state index contributed by atoms with van der Waals surface area (Å²) in [6.45, 7) is 5.49. The topological polar surface area (TPSA) is 110 Å². The van der Waals surface area contributed by atoms with Crippen LogP contribution in [0.3, 0.4) is 0 Å². The van der Waals surface area contributed by atoms with E-state index in [4.69, 9.17) is 10.8 Å². The quantitative estimate of drug-likeness (QED) is 0.714. The molecule has 7 heteroatoms. The van der Waals surface area contributed by atoms with Crippen LogP contribution in [0.5, 0.6) is 0 Å². The first-order valence-corrected chi connectivity index (χ1v) is 5.75. The van der Waals surface area contributed by atoms with Gasteiger partial charge in [-0.05, 0) is 20.3 Å². The fourth-order valence-electron chi connectivity index (χ4n) is 1.36. The smallest absolute Gasteiger partial charge is 0.358 e. The maximum atomic E-state index is 11.8. The van der Waals surface area contributed by atoms with Crippen molar-refractivity contribution >= 4 is 17.6 Å². The van der Waals surface area contributed by atoms with Gasteiger partial charge in [0.15, 0.2) is 5.69 Å². The Balaban J connectivity index is 2.84. The Morgan fingerprint density at radius 2 is 2.17 bits per heavy atom. The number of carboxylic acid groups (broad SMARTS) is 1. The number of nitrogen functional groups attached to an aromatic ring is 1. The fourth-order valence-corrected chi connectivity index (χ4v) is 1.36. The molecule has 18 heavy (non-hydrogen) atoms. The van der Waals surface area contributed by atoms with Crippen LogP contribution in [-0.4, -0.2) is 32.8 Å². The fraction of sp³-hybridized carbons (Fsp3) is 0.545. The van der Waals surface area contributed by atoms with Crippen molar-refractivity contribution in [3.8, 4) is 0 Å². The summed E-state index contributed by atoms with van der Waals surface area (Å²) in [5, 5.41) is 15.4. The maximum absolute atomic E-state index is 11.8. The summed E-state index contributed by atoms with van der Waals surface area (Å²) in [6.07, 6.45) is 2.17. The molecule has 0 radical (unpaired) electrons. The summed E-state index contributed by atoms with van der Waals surface area (Å²) >= 11 is 0. The summed E-state index contributed by atoms with van der Waals surface area (Å²) in [7, 11) is 0. The summed E-state index contributed by atoms with van der Waals surface area (Å²) in [5.41, 5.74) is 5.32. The van der Waals surface area contributed by atoms with E-state index in [1.807, 2.05) is 13.8 Å². The van der Waals surface area contributed by atoms with Crippen LogP contribution in [0.4, 0.5) is 5.69 Å². The van der Waals surface area contributed by atoms with Gasteiger partial charge in [-0.25, -0.2) is 4.79 Å². The third-order valence-corrected chi connectivity index (χ3v) is 2.74. The van der Waals surface area contributed by atoms with Crippen molar-refractivity contribution in [2.75, 3.05) is 5.73 Å². The van der Waals surface area contributed by atoms with Gasteiger partial charge >= 0.3 is 5.97 Å². The van der Waals surface area contributed by atoms with E-state index in [1.54, 1.807) is 6.92 Å². The number of amides is 1. The molecule has 0 fully saturated rings. The Kier molecular flexibility index (Phi) is 4.30. The second kappa shape index (κ2) is 5.52. The van der Waals surface area contributed by atoms with E-state index in [0.717, 1.165) is 6.42 Å². The van der Waals surface area contributed by atoms with Gasteiger partial charge in [-0.15, -0.1) is 0 Å². The van der Waals surface area contributed by atoms with Gasteiger partial charge in [0.2, 0.25) is 5.91 Å². The molecule has 2 unspecified atom stereocenters. The minimum absolute atomic E-state index is 0.0469. The van der Waals surface area contributed by atoms with Crippen molar-refractivity contribution in [2.45, 2.75) is 39.3 Å². The average Bonchev–Trinajstić information content (AvgIpc) is 2.70. The van der Waals surface area contributed by atoms with E-state index in [-0.39, 0.29) is 23.3 Å². The second-order valence-electron chi connectivity index (χ2n) is 4.21. The molecule has 0 bridgehead atoms. The number of aromatic carboxylic acids is 1. The minimum atomic E-state index is -1.21. The van der Waals surface area contributed by atoms with Gasteiger partial charge in [0, 0.05) is 12.2 Å². The molecule has 0 spiro atoms. The molecule has 0 aliphatic rings. The zero-order valence-corrected chi connectivity index (χ0v) is 10.7. The van der Waals surface area contributed by atoms with Crippen LogP contribution in [0.25, 0.3) is 0 Å². The Morgan fingerprint density at radius 3 is 2.61 bits per heavy atom. The third-order valence-electron chi connectivity index (χ3n) is 2.74. The Bertz CT molecular complexity index is 455. The second-order valence-corrected chi connectivity index (χ2v) is 4.21. The molecule has 1 rings (SSSR count). The van der Waals surface area contributed by atoms with Gasteiger partial charge < -0.3 is 16.2 Å². The predicted octanol–water partition coefficient (Wildman–Crippen LogP) is 0.639. The van der Waals surface area contributed by atoms with Gasteiger partial charge in [0.1, 0.15) is 6.04 Å². The molecule has 0 aliphatic heterocycles. The minimum Gasteiger partial charge on any atom is -0.476 e. The lowest BCUT2D eigenvalue weighted by molar-refractivity contribution is -0.124. The lowest BCUT2D eigenvalue weighted by atomic mass is 10.2. The van der Waals surface area contributed by atoms with Gasteiger partial charge in [-0.2, -0.15) is 5.10 Å². The lowest BCUT2D eigenvalue weighted by Crippen LogP contribution is -2.37. The van der Waals surface area contributed by atoms with E-state index in [9.17, 15) is 9.59 Å². The molecule has 0 saturated carbocycles. The molecule has 0 saturated heterocycles. The van der Waals surface area contributed by atoms with Crippen LogP contribution in [0.2, 0.25) is 0 Å². The van der Waals surface area contributed by atoms with Gasteiger partial charge in [-0.3, -0.25) is 9.48 Å². The highest BCUT2D eigenvalue weighted by Crippen LogP contribution is 2.14. The molecule has 100 valence electrons. The van der Waals surface area contributed by atoms with Crippen molar-refractivity contribution in [2.24, 2.45) is 0 Å².